The van der Waals surface area contributed by atoms with Crippen molar-refractivity contribution in [3.8, 4) is 0 Å². The summed E-state index contributed by atoms with van der Waals surface area (Å²) in [4.78, 5) is 10.5. The Morgan fingerprint density at radius 3 is 2.71 bits per heavy atom. The topological polar surface area (TPSA) is 83.5 Å². The smallest absolute Gasteiger partial charge is 0.321 e. The van der Waals surface area contributed by atoms with E-state index >= 15 is 0 Å². The van der Waals surface area contributed by atoms with Gasteiger partial charge in [0, 0.05) is 4.47 Å². The summed E-state index contributed by atoms with van der Waals surface area (Å²) >= 11 is 3.23. The van der Waals surface area contributed by atoms with Gasteiger partial charge in [0.15, 0.2) is 0 Å². The van der Waals surface area contributed by atoms with E-state index in [1.54, 1.807) is 24.3 Å². The number of aliphatic carboxylic acids is 1. The quantitative estimate of drug-likeness (QED) is 0.857. The zero-order valence-electron chi connectivity index (χ0n) is 9.05. The molecule has 5 nitrogen and oxygen atoms in total. The normalized spacial score (nSPS) is 13.3. The minimum atomic E-state index is -3.65. The molecule has 0 spiro atoms. The van der Waals surface area contributed by atoms with E-state index in [0.717, 1.165) is 4.47 Å². The maximum Gasteiger partial charge on any atom is 0.321 e. The van der Waals surface area contributed by atoms with Crippen LogP contribution in [-0.2, 0) is 20.6 Å². The molecule has 1 rings (SSSR count). The molecule has 0 aromatic heterocycles. The van der Waals surface area contributed by atoms with Crippen molar-refractivity contribution in [1.82, 2.24) is 4.72 Å². The standard InChI is InChI=1S/C10H12BrNO4S/c1-7(10(13)14)12-17(15,16)6-8-3-2-4-9(11)5-8/h2-5,7,12H,6H2,1H3,(H,13,14)/t7-/m1/s1. The lowest BCUT2D eigenvalue weighted by Gasteiger charge is -2.10. The van der Waals surface area contributed by atoms with Gasteiger partial charge in [-0.3, -0.25) is 4.79 Å². The van der Waals surface area contributed by atoms with Gasteiger partial charge in [-0.05, 0) is 24.6 Å². The summed E-state index contributed by atoms with van der Waals surface area (Å²) in [6.45, 7) is 1.28. The van der Waals surface area contributed by atoms with Crippen LogP contribution in [0.2, 0.25) is 0 Å². The first-order chi connectivity index (χ1) is 7.80. The van der Waals surface area contributed by atoms with Crippen LogP contribution in [0.4, 0.5) is 0 Å². The van der Waals surface area contributed by atoms with Gasteiger partial charge in [-0.15, -0.1) is 0 Å². The molecular formula is C10H12BrNO4S. The van der Waals surface area contributed by atoms with Gasteiger partial charge in [0.05, 0.1) is 5.75 Å². The fourth-order valence-corrected chi connectivity index (χ4v) is 3.00. The molecular weight excluding hydrogens is 310 g/mol. The van der Waals surface area contributed by atoms with Crippen LogP contribution in [0.25, 0.3) is 0 Å². The molecule has 17 heavy (non-hydrogen) atoms. The summed E-state index contributed by atoms with van der Waals surface area (Å²) < 4.78 is 26.1. The Hall–Kier alpha value is -0.920. The highest BCUT2D eigenvalue weighted by atomic mass is 79.9. The zero-order chi connectivity index (χ0) is 13.1. The van der Waals surface area contributed by atoms with Crippen molar-refractivity contribution >= 4 is 31.9 Å². The SMILES string of the molecule is C[C@@H](NS(=O)(=O)Cc1cccc(Br)c1)C(=O)O. The molecule has 0 aliphatic carbocycles. The molecule has 1 aromatic rings. The van der Waals surface area contributed by atoms with Crippen molar-refractivity contribution in [2.75, 3.05) is 0 Å². The number of nitrogens with one attached hydrogen (secondary N) is 1. The minimum absolute atomic E-state index is 0.246. The molecule has 0 heterocycles. The third kappa shape index (κ3) is 4.84. The van der Waals surface area contributed by atoms with Gasteiger partial charge in [0.2, 0.25) is 10.0 Å². The fourth-order valence-electron chi connectivity index (χ4n) is 1.21. The molecule has 0 radical (unpaired) electrons. The van der Waals surface area contributed by atoms with E-state index in [2.05, 4.69) is 20.7 Å². The monoisotopic (exact) mass is 321 g/mol. The molecule has 0 bridgehead atoms. The first-order valence-electron chi connectivity index (χ1n) is 4.77. The van der Waals surface area contributed by atoms with E-state index in [1.165, 1.54) is 6.92 Å². The second kappa shape index (κ2) is 5.61. The number of carboxylic acid groups (broad SMARTS) is 1. The van der Waals surface area contributed by atoms with Crippen LogP contribution in [0.1, 0.15) is 12.5 Å². The fraction of sp³-hybridized carbons (Fsp3) is 0.300. The summed E-state index contributed by atoms with van der Waals surface area (Å²) in [5.74, 6) is -1.45. The largest absolute Gasteiger partial charge is 0.480 e. The summed E-state index contributed by atoms with van der Waals surface area (Å²) in [5.41, 5.74) is 0.587. The number of hydrogen-bond acceptors (Lipinski definition) is 3. The van der Waals surface area contributed by atoms with Gasteiger partial charge in [-0.25, -0.2) is 13.1 Å². The molecule has 0 aliphatic rings. The van der Waals surface area contributed by atoms with E-state index in [9.17, 15) is 13.2 Å². The van der Waals surface area contributed by atoms with E-state index < -0.39 is 22.0 Å². The predicted octanol–water partition coefficient (Wildman–Crippen LogP) is 1.34. The number of hydrogen-bond donors (Lipinski definition) is 2. The second-order valence-electron chi connectivity index (χ2n) is 3.57. The molecule has 0 saturated carbocycles. The molecule has 7 heteroatoms. The Morgan fingerprint density at radius 2 is 2.18 bits per heavy atom. The number of benzene rings is 1. The molecule has 0 amide bonds. The first-order valence-corrected chi connectivity index (χ1v) is 7.22. The van der Waals surface area contributed by atoms with Crippen LogP contribution in [-0.4, -0.2) is 25.5 Å². The highest BCUT2D eigenvalue weighted by Gasteiger charge is 2.19. The highest BCUT2D eigenvalue weighted by molar-refractivity contribution is 9.10. The number of rotatable bonds is 5. The molecule has 0 unspecified atom stereocenters. The molecule has 1 atom stereocenters. The first kappa shape index (κ1) is 14.1. The van der Waals surface area contributed by atoms with Gasteiger partial charge in [0.1, 0.15) is 6.04 Å². The molecule has 1 aromatic carbocycles. The van der Waals surface area contributed by atoms with E-state index in [4.69, 9.17) is 5.11 Å². The van der Waals surface area contributed by atoms with Crippen molar-refractivity contribution in [2.24, 2.45) is 0 Å². The average Bonchev–Trinajstić information content (AvgIpc) is 2.15. The third-order valence-electron chi connectivity index (χ3n) is 1.97. The number of halogens is 1. The molecule has 0 aliphatic heterocycles. The molecule has 94 valence electrons. The third-order valence-corrected chi connectivity index (χ3v) is 3.89. The molecule has 0 fully saturated rings. The summed E-state index contributed by atoms with van der Waals surface area (Å²) in [5, 5.41) is 8.62. The van der Waals surface area contributed by atoms with Crippen molar-refractivity contribution in [2.45, 2.75) is 18.7 Å². The van der Waals surface area contributed by atoms with Crippen LogP contribution in [0.3, 0.4) is 0 Å². The van der Waals surface area contributed by atoms with Crippen molar-refractivity contribution < 1.29 is 18.3 Å². The van der Waals surface area contributed by atoms with E-state index in [0.29, 0.717) is 5.56 Å². The minimum Gasteiger partial charge on any atom is -0.480 e. The van der Waals surface area contributed by atoms with Crippen LogP contribution < -0.4 is 4.72 Å². The predicted molar refractivity (Wildman–Crippen MR) is 67.0 cm³/mol. The van der Waals surface area contributed by atoms with Crippen LogP contribution >= 0.6 is 15.9 Å². The maximum atomic E-state index is 11.6. The lowest BCUT2D eigenvalue weighted by molar-refractivity contribution is -0.138. The van der Waals surface area contributed by atoms with Gasteiger partial charge in [-0.1, -0.05) is 28.1 Å². The Morgan fingerprint density at radius 1 is 1.53 bits per heavy atom. The van der Waals surface area contributed by atoms with E-state index in [-0.39, 0.29) is 5.75 Å². The van der Waals surface area contributed by atoms with E-state index in [1.807, 2.05) is 0 Å². The number of carboxylic acids is 1. The molecule has 2 N–H and O–H groups in total. The summed E-state index contributed by atoms with van der Waals surface area (Å²) in [7, 11) is -3.65. The van der Waals surface area contributed by atoms with Crippen LogP contribution in [0, 0.1) is 0 Å². The Bertz CT molecular complexity index is 515. The van der Waals surface area contributed by atoms with Crippen molar-refractivity contribution in [3.05, 3.63) is 34.3 Å². The lowest BCUT2D eigenvalue weighted by atomic mass is 10.2. The average molecular weight is 322 g/mol. The van der Waals surface area contributed by atoms with Gasteiger partial charge < -0.3 is 5.11 Å². The number of carbonyl (C=O) groups is 1. The Balaban J connectivity index is 2.77. The van der Waals surface area contributed by atoms with Crippen molar-refractivity contribution in [1.29, 1.82) is 0 Å². The maximum absolute atomic E-state index is 11.6. The van der Waals surface area contributed by atoms with Gasteiger partial charge in [0.25, 0.3) is 0 Å². The molecule has 0 saturated heterocycles. The van der Waals surface area contributed by atoms with Crippen molar-refractivity contribution in [3.63, 3.8) is 0 Å². The highest BCUT2D eigenvalue weighted by Crippen LogP contribution is 2.13. The van der Waals surface area contributed by atoms with Gasteiger partial charge in [-0.2, -0.15) is 0 Å². The summed E-state index contributed by atoms with van der Waals surface area (Å²) in [6, 6.07) is 5.70. The zero-order valence-corrected chi connectivity index (χ0v) is 11.5. The van der Waals surface area contributed by atoms with Crippen LogP contribution in [0.15, 0.2) is 28.7 Å². The Labute approximate surface area is 108 Å². The summed E-state index contributed by atoms with van der Waals surface area (Å²) in [6.07, 6.45) is 0. The van der Waals surface area contributed by atoms with Crippen LogP contribution in [0.5, 0.6) is 0 Å². The number of sulfonamides is 1. The van der Waals surface area contributed by atoms with Gasteiger partial charge >= 0.3 is 5.97 Å². The second-order valence-corrected chi connectivity index (χ2v) is 6.24. The lowest BCUT2D eigenvalue weighted by Crippen LogP contribution is -2.38. The Kier molecular flexibility index (Phi) is 4.67.